The first-order chi connectivity index (χ1) is 10.6. The largest absolute Gasteiger partial charge is 0.478 e. The summed E-state index contributed by atoms with van der Waals surface area (Å²) in [5, 5.41) is 20.5. The average Bonchev–Trinajstić information content (AvgIpc) is 2.41. The Morgan fingerprint density at radius 1 is 1.17 bits per heavy atom. The summed E-state index contributed by atoms with van der Waals surface area (Å²) in [6.45, 7) is 5.32. The van der Waals surface area contributed by atoms with Crippen LogP contribution in [0.3, 0.4) is 0 Å². The van der Waals surface area contributed by atoms with Crippen LogP contribution in [0.1, 0.15) is 47.1 Å². The van der Waals surface area contributed by atoms with Gasteiger partial charge in [-0.3, -0.25) is 0 Å². The van der Waals surface area contributed by atoms with Crippen LogP contribution in [0.15, 0.2) is 24.3 Å². The lowest BCUT2D eigenvalue weighted by atomic mass is 10.0. The van der Waals surface area contributed by atoms with Crippen molar-refractivity contribution >= 4 is 24.1 Å². The molecule has 0 aromatic heterocycles. The Bertz CT molecular complexity index is 642. The van der Waals surface area contributed by atoms with Crippen LogP contribution in [0, 0.1) is 0 Å². The summed E-state index contributed by atoms with van der Waals surface area (Å²) >= 11 is 0. The molecule has 0 aliphatic carbocycles. The first-order valence-corrected chi connectivity index (χ1v) is 6.84. The molecular weight excluding hydrogens is 302 g/mol. The van der Waals surface area contributed by atoms with Crippen LogP contribution in [0.2, 0.25) is 0 Å². The second-order valence-electron chi connectivity index (χ2n) is 5.70. The zero-order valence-corrected chi connectivity index (χ0v) is 13.1. The lowest BCUT2D eigenvalue weighted by Crippen LogP contribution is -2.32. The number of carbonyl (C=O) groups is 3. The molecule has 7 nitrogen and oxygen atoms in total. The van der Waals surface area contributed by atoms with Crippen molar-refractivity contribution in [1.82, 2.24) is 5.32 Å². The summed E-state index contributed by atoms with van der Waals surface area (Å²) in [6.07, 6.45) is 2.35. The van der Waals surface area contributed by atoms with E-state index in [9.17, 15) is 14.4 Å². The highest BCUT2D eigenvalue weighted by Crippen LogP contribution is 2.14. The molecule has 0 aliphatic heterocycles. The van der Waals surface area contributed by atoms with E-state index < -0.39 is 23.6 Å². The van der Waals surface area contributed by atoms with E-state index in [1.807, 2.05) is 0 Å². The molecule has 0 aliphatic rings. The van der Waals surface area contributed by atoms with Crippen molar-refractivity contribution in [3.8, 4) is 0 Å². The molecule has 1 aromatic rings. The number of hydrogen-bond donors (Lipinski definition) is 3. The van der Waals surface area contributed by atoms with E-state index in [0.29, 0.717) is 0 Å². The molecule has 23 heavy (non-hydrogen) atoms. The summed E-state index contributed by atoms with van der Waals surface area (Å²) in [4.78, 5) is 33.5. The highest BCUT2D eigenvalue weighted by atomic mass is 16.6. The number of amides is 1. The van der Waals surface area contributed by atoms with Crippen molar-refractivity contribution in [3.05, 3.63) is 41.0 Å². The number of aromatic carboxylic acids is 2. The minimum absolute atomic E-state index is 0.0187. The Morgan fingerprint density at radius 3 is 2.35 bits per heavy atom. The molecule has 0 atom stereocenters. The molecular formula is C16H19NO6. The molecule has 1 amide bonds. The van der Waals surface area contributed by atoms with Crippen LogP contribution in [-0.2, 0) is 4.74 Å². The van der Waals surface area contributed by atoms with Gasteiger partial charge in [0, 0.05) is 6.54 Å². The van der Waals surface area contributed by atoms with Gasteiger partial charge in [0.2, 0.25) is 0 Å². The molecule has 0 heterocycles. The Labute approximate surface area is 133 Å². The molecule has 0 radical (unpaired) electrons. The standard InChI is InChI=1S/C16H19NO6/c1-16(2,3)23-15(22)17-8-4-5-10-9-11(13(18)19)6-7-12(10)14(20)21/h4-7,9H,8H2,1-3H3,(H,17,22)(H,18,19)(H,20,21). The number of alkyl carbamates (subject to hydrolysis) is 1. The predicted molar refractivity (Wildman–Crippen MR) is 83.6 cm³/mol. The average molecular weight is 321 g/mol. The van der Waals surface area contributed by atoms with Gasteiger partial charge >= 0.3 is 18.0 Å². The second kappa shape index (κ2) is 7.44. The van der Waals surface area contributed by atoms with E-state index in [1.54, 1.807) is 20.8 Å². The highest BCUT2D eigenvalue weighted by Gasteiger charge is 2.15. The van der Waals surface area contributed by atoms with E-state index in [0.717, 1.165) is 0 Å². The van der Waals surface area contributed by atoms with Crippen molar-refractivity contribution in [1.29, 1.82) is 0 Å². The molecule has 7 heteroatoms. The van der Waals surface area contributed by atoms with Gasteiger partial charge in [0.1, 0.15) is 5.60 Å². The maximum Gasteiger partial charge on any atom is 0.407 e. The topological polar surface area (TPSA) is 113 Å². The second-order valence-corrected chi connectivity index (χ2v) is 5.70. The zero-order valence-electron chi connectivity index (χ0n) is 13.1. The van der Waals surface area contributed by atoms with Gasteiger partial charge in [0.15, 0.2) is 0 Å². The summed E-state index contributed by atoms with van der Waals surface area (Å²) in [5.41, 5.74) is -0.415. The van der Waals surface area contributed by atoms with Crippen LogP contribution < -0.4 is 5.32 Å². The van der Waals surface area contributed by atoms with Crippen LogP contribution in [0.5, 0.6) is 0 Å². The predicted octanol–water partition coefficient (Wildman–Crippen LogP) is 2.62. The number of hydrogen-bond acceptors (Lipinski definition) is 4. The summed E-state index contributed by atoms with van der Waals surface area (Å²) in [7, 11) is 0. The van der Waals surface area contributed by atoms with E-state index in [1.165, 1.54) is 30.4 Å². The fraction of sp³-hybridized carbons (Fsp3) is 0.312. The molecule has 0 saturated carbocycles. The van der Waals surface area contributed by atoms with Crippen molar-refractivity contribution < 1.29 is 29.3 Å². The summed E-state index contributed by atoms with van der Waals surface area (Å²) in [6, 6.07) is 3.71. The minimum atomic E-state index is -1.17. The van der Waals surface area contributed by atoms with E-state index >= 15 is 0 Å². The minimum Gasteiger partial charge on any atom is -0.478 e. The number of carboxylic acid groups (broad SMARTS) is 2. The van der Waals surface area contributed by atoms with Crippen LogP contribution >= 0.6 is 0 Å². The maximum atomic E-state index is 11.4. The molecule has 0 fully saturated rings. The van der Waals surface area contributed by atoms with Gasteiger partial charge < -0.3 is 20.3 Å². The van der Waals surface area contributed by atoms with Gasteiger partial charge in [-0.05, 0) is 44.5 Å². The molecule has 124 valence electrons. The van der Waals surface area contributed by atoms with Gasteiger partial charge in [0.25, 0.3) is 0 Å². The number of ether oxygens (including phenoxy) is 1. The third-order valence-electron chi connectivity index (χ3n) is 2.59. The van der Waals surface area contributed by atoms with Gasteiger partial charge in [-0.25, -0.2) is 14.4 Å². The van der Waals surface area contributed by atoms with E-state index in [-0.39, 0.29) is 23.2 Å². The molecule has 1 rings (SSSR count). The maximum absolute atomic E-state index is 11.4. The molecule has 0 spiro atoms. The molecule has 0 bridgehead atoms. The van der Waals surface area contributed by atoms with Gasteiger partial charge in [-0.2, -0.15) is 0 Å². The monoisotopic (exact) mass is 321 g/mol. The Morgan fingerprint density at radius 2 is 1.83 bits per heavy atom. The van der Waals surface area contributed by atoms with Crippen molar-refractivity contribution in [3.63, 3.8) is 0 Å². The Hall–Kier alpha value is -2.83. The molecule has 1 aromatic carbocycles. The highest BCUT2D eigenvalue weighted by molar-refractivity contribution is 5.95. The summed E-state index contributed by atoms with van der Waals surface area (Å²) in [5.74, 6) is -2.31. The molecule has 3 N–H and O–H groups in total. The SMILES string of the molecule is CC(C)(C)OC(=O)NCC=Cc1cc(C(=O)O)ccc1C(=O)O. The third kappa shape index (κ3) is 6.21. The van der Waals surface area contributed by atoms with Crippen molar-refractivity contribution in [2.45, 2.75) is 26.4 Å². The Balaban J connectivity index is 2.79. The number of carbonyl (C=O) groups excluding carboxylic acids is 1. The fourth-order valence-electron chi connectivity index (χ4n) is 1.67. The fourth-order valence-corrected chi connectivity index (χ4v) is 1.67. The van der Waals surface area contributed by atoms with E-state index in [2.05, 4.69) is 5.32 Å². The smallest absolute Gasteiger partial charge is 0.407 e. The first-order valence-electron chi connectivity index (χ1n) is 6.84. The Kier molecular flexibility index (Phi) is 5.89. The normalized spacial score (nSPS) is 11.3. The lowest BCUT2D eigenvalue weighted by molar-refractivity contribution is 0.0532. The lowest BCUT2D eigenvalue weighted by Gasteiger charge is -2.19. The number of rotatable bonds is 5. The number of carboxylic acids is 2. The molecule has 0 saturated heterocycles. The quantitative estimate of drug-likeness (QED) is 0.768. The first kappa shape index (κ1) is 18.2. The van der Waals surface area contributed by atoms with Crippen LogP contribution in [0.25, 0.3) is 6.08 Å². The van der Waals surface area contributed by atoms with Crippen LogP contribution in [-0.4, -0.2) is 40.4 Å². The number of nitrogens with one attached hydrogen (secondary N) is 1. The van der Waals surface area contributed by atoms with Gasteiger partial charge in [-0.15, -0.1) is 0 Å². The molecule has 0 unspecified atom stereocenters. The van der Waals surface area contributed by atoms with Gasteiger partial charge in [0.05, 0.1) is 11.1 Å². The summed E-state index contributed by atoms with van der Waals surface area (Å²) < 4.78 is 5.05. The van der Waals surface area contributed by atoms with Crippen LogP contribution in [0.4, 0.5) is 4.79 Å². The number of benzene rings is 1. The van der Waals surface area contributed by atoms with Gasteiger partial charge in [-0.1, -0.05) is 12.2 Å². The van der Waals surface area contributed by atoms with E-state index in [4.69, 9.17) is 14.9 Å². The third-order valence-corrected chi connectivity index (χ3v) is 2.59. The zero-order chi connectivity index (χ0) is 17.6. The van der Waals surface area contributed by atoms with Crippen molar-refractivity contribution in [2.75, 3.05) is 6.54 Å². The van der Waals surface area contributed by atoms with Crippen molar-refractivity contribution in [2.24, 2.45) is 0 Å².